The maximum absolute atomic E-state index is 12.7. The molecule has 162 valence electrons. The normalized spacial score (nSPS) is 10.9. The van der Waals surface area contributed by atoms with Gasteiger partial charge in [0, 0.05) is 17.5 Å². The molecule has 0 radical (unpaired) electrons. The lowest BCUT2D eigenvalue weighted by atomic mass is 10.1. The molecule has 8 heteroatoms. The van der Waals surface area contributed by atoms with Crippen molar-refractivity contribution in [3.05, 3.63) is 77.9 Å². The zero-order valence-corrected chi connectivity index (χ0v) is 18.2. The van der Waals surface area contributed by atoms with E-state index >= 15 is 0 Å². The van der Waals surface area contributed by atoms with Gasteiger partial charge in [0.1, 0.15) is 6.61 Å². The Hall–Kier alpha value is -3.52. The molecule has 0 saturated carbocycles. The summed E-state index contributed by atoms with van der Waals surface area (Å²) in [6.07, 6.45) is 1.13. The molecule has 0 fully saturated rings. The minimum Gasteiger partial charge on any atom is -0.493 e. The minimum atomic E-state index is -3.31. The van der Waals surface area contributed by atoms with Gasteiger partial charge in [0.15, 0.2) is 21.3 Å². The van der Waals surface area contributed by atoms with E-state index < -0.39 is 15.7 Å². The molecule has 3 aromatic carbocycles. The molecule has 7 nitrogen and oxygen atoms in total. The number of sulfone groups is 1. The largest absolute Gasteiger partial charge is 0.493 e. The number of anilines is 1. The molecular formula is C23H23NO6S. The van der Waals surface area contributed by atoms with E-state index in [2.05, 4.69) is 5.32 Å². The second-order valence-electron chi connectivity index (χ2n) is 6.73. The number of hydrogen-bond acceptors (Lipinski definition) is 6. The van der Waals surface area contributed by atoms with Gasteiger partial charge in [-0.25, -0.2) is 8.42 Å². The third-order valence-electron chi connectivity index (χ3n) is 4.49. The zero-order chi connectivity index (χ0) is 22.4. The number of hydrogen-bond donors (Lipinski definition) is 1. The van der Waals surface area contributed by atoms with Gasteiger partial charge in [0.05, 0.1) is 19.1 Å². The van der Waals surface area contributed by atoms with Crippen LogP contribution in [0.3, 0.4) is 0 Å². The fourth-order valence-electron chi connectivity index (χ4n) is 2.87. The molecule has 3 aromatic rings. The number of benzene rings is 3. The average Bonchev–Trinajstić information content (AvgIpc) is 2.77. The smallest absolute Gasteiger partial charge is 0.255 e. The highest BCUT2D eigenvalue weighted by molar-refractivity contribution is 7.90. The van der Waals surface area contributed by atoms with E-state index in [9.17, 15) is 13.2 Å². The van der Waals surface area contributed by atoms with Crippen molar-refractivity contribution in [3.8, 4) is 17.2 Å². The average molecular weight is 442 g/mol. The highest BCUT2D eigenvalue weighted by atomic mass is 32.2. The molecule has 0 bridgehead atoms. The first kappa shape index (κ1) is 22.2. The molecule has 0 aliphatic rings. The Morgan fingerprint density at radius 1 is 0.903 bits per heavy atom. The maximum atomic E-state index is 12.7. The fourth-order valence-corrected chi connectivity index (χ4v) is 3.50. The van der Waals surface area contributed by atoms with E-state index in [4.69, 9.17) is 14.2 Å². The maximum Gasteiger partial charge on any atom is 0.255 e. The summed E-state index contributed by atoms with van der Waals surface area (Å²) in [7, 11) is -0.345. The van der Waals surface area contributed by atoms with Gasteiger partial charge in [-0.2, -0.15) is 0 Å². The van der Waals surface area contributed by atoms with Crippen LogP contribution < -0.4 is 19.5 Å². The molecule has 31 heavy (non-hydrogen) atoms. The summed E-state index contributed by atoms with van der Waals surface area (Å²) in [6, 6.07) is 18.7. The Labute approximate surface area is 181 Å². The van der Waals surface area contributed by atoms with Crippen LogP contribution in [0.25, 0.3) is 0 Å². The van der Waals surface area contributed by atoms with Gasteiger partial charge in [-0.05, 0) is 42.0 Å². The van der Waals surface area contributed by atoms with E-state index in [1.54, 1.807) is 12.1 Å². The number of carbonyl (C=O) groups is 1. The van der Waals surface area contributed by atoms with Crippen molar-refractivity contribution >= 4 is 21.4 Å². The molecule has 0 spiro atoms. The van der Waals surface area contributed by atoms with Crippen molar-refractivity contribution in [2.75, 3.05) is 25.8 Å². The van der Waals surface area contributed by atoms with Crippen LogP contribution in [-0.4, -0.2) is 34.8 Å². The standard InChI is InChI=1S/C23H23NO6S/c1-28-20-13-17(23(25)24-18-9-11-19(12-10-18)31(3,26)27)14-21(29-2)22(20)30-15-16-7-5-4-6-8-16/h4-14H,15H2,1-3H3,(H,24,25). The van der Waals surface area contributed by atoms with Gasteiger partial charge in [0.2, 0.25) is 5.75 Å². The molecular weight excluding hydrogens is 418 g/mol. The molecule has 0 aromatic heterocycles. The lowest BCUT2D eigenvalue weighted by Crippen LogP contribution is -2.13. The number of rotatable bonds is 8. The highest BCUT2D eigenvalue weighted by Crippen LogP contribution is 2.39. The van der Waals surface area contributed by atoms with Crippen LogP contribution in [0.1, 0.15) is 15.9 Å². The highest BCUT2D eigenvalue weighted by Gasteiger charge is 2.18. The second kappa shape index (κ2) is 9.53. The number of carbonyl (C=O) groups excluding carboxylic acids is 1. The molecule has 0 unspecified atom stereocenters. The Balaban J connectivity index is 1.81. The molecule has 0 heterocycles. The summed E-state index contributed by atoms with van der Waals surface area (Å²) in [4.78, 5) is 12.9. The van der Waals surface area contributed by atoms with Gasteiger partial charge < -0.3 is 19.5 Å². The van der Waals surface area contributed by atoms with Crippen molar-refractivity contribution in [1.82, 2.24) is 0 Å². The van der Waals surface area contributed by atoms with Crippen molar-refractivity contribution in [3.63, 3.8) is 0 Å². The SMILES string of the molecule is COc1cc(C(=O)Nc2ccc(S(C)(=O)=O)cc2)cc(OC)c1OCc1ccccc1. The monoisotopic (exact) mass is 441 g/mol. The lowest BCUT2D eigenvalue weighted by Gasteiger charge is -2.16. The van der Waals surface area contributed by atoms with Crippen LogP contribution in [0, 0.1) is 0 Å². The van der Waals surface area contributed by atoms with Gasteiger partial charge in [0.25, 0.3) is 5.91 Å². The zero-order valence-electron chi connectivity index (χ0n) is 17.4. The van der Waals surface area contributed by atoms with E-state index in [0.717, 1.165) is 11.8 Å². The number of ether oxygens (including phenoxy) is 3. The predicted octanol–water partition coefficient (Wildman–Crippen LogP) is 3.94. The first-order chi connectivity index (χ1) is 14.8. The summed E-state index contributed by atoms with van der Waals surface area (Å²) in [5.74, 6) is 0.696. The summed E-state index contributed by atoms with van der Waals surface area (Å²) in [5.41, 5.74) is 1.73. The van der Waals surface area contributed by atoms with Crippen LogP contribution in [0.5, 0.6) is 17.2 Å². The van der Waals surface area contributed by atoms with Crippen molar-refractivity contribution < 1.29 is 27.4 Å². The Bertz CT molecular complexity index is 1130. The van der Waals surface area contributed by atoms with Gasteiger partial charge in [-0.3, -0.25) is 4.79 Å². The molecule has 1 amide bonds. The summed E-state index contributed by atoms with van der Waals surface area (Å²) in [5, 5.41) is 2.73. The van der Waals surface area contributed by atoms with E-state index in [1.165, 1.54) is 38.5 Å². The molecule has 0 aliphatic heterocycles. The van der Waals surface area contributed by atoms with Crippen LogP contribution in [-0.2, 0) is 16.4 Å². The molecule has 0 atom stereocenters. The Morgan fingerprint density at radius 3 is 2.00 bits per heavy atom. The topological polar surface area (TPSA) is 90.9 Å². The first-order valence-corrected chi connectivity index (χ1v) is 11.2. The summed E-state index contributed by atoms with van der Waals surface area (Å²) >= 11 is 0. The first-order valence-electron chi connectivity index (χ1n) is 9.36. The van der Waals surface area contributed by atoms with E-state index in [1.807, 2.05) is 30.3 Å². The van der Waals surface area contributed by atoms with Crippen molar-refractivity contribution in [1.29, 1.82) is 0 Å². The third-order valence-corrected chi connectivity index (χ3v) is 5.62. The summed E-state index contributed by atoms with van der Waals surface area (Å²) < 4.78 is 39.9. The number of nitrogens with one attached hydrogen (secondary N) is 1. The van der Waals surface area contributed by atoms with E-state index in [0.29, 0.717) is 35.1 Å². The molecule has 3 rings (SSSR count). The van der Waals surface area contributed by atoms with Crippen LogP contribution in [0.2, 0.25) is 0 Å². The molecule has 0 saturated heterocycles. The predicted molar refractivity (Wildman–Crippen MR) is 118 cm³/mol. The van der Waals surface area contributed by atoms with Crippen LogP contribution in [0.15, 0.2) is 71.6 Å². The third kappa shape index (κ3) is 5.55. The minimum absolute atomic E-state index is 0.175. The molecule has 0 aliphatic carbocycles. The summed E-state index contributed by atoms with van der Waals surface area (Å²) in [6.45, 7) is 0.311. The number of methoxy groups -OCH3 is 2. The van der Waals surface area contributed by atoms with E-state index in [-0.39, 0.29) is 4.90 Å². The van der Waals surface area contributed by atoms with Crippen LogP contribution in [0.4, 0.5) is 5.69 Å². The molecule has 1 N–H and O–H groups in total. The van der Waals surface area contributed by atoms with Crippen molar-refractivity contribution in [2.24, 2.45) is 0 Å². The van der Waals surface area contributed by atoms with Gasteiger partial charge in [-0.15, -0.1) is 0 Å². The fraction of sp³-hybridized carbons (Fsp3) is 0.174. The quantitative estimate of drug-likeness (QED) is 0.569. The van der Waals surface area contributed by atoms with Crippen molar-refractivity contribution in [2.45, 2.75) is 11.5 Å². The van der Waals surface area contributed by atoms with Gasteiger partial charge in [-0.1, -0.05) is 30.3 Å². The second-order valence-corrected chi connectivity index (χ2v) is 8.75. The Kier molecular flexibility index (Phi) is 6.81. The Morgan fingerprint density at radius 2 is 1.48 bits per heavy atom. The number of amides is 1. The van der Waals surface area contributed by atoms with Gasteiger partial charge >= 0.3 is 0 Å². The van der Waals surface area contributed by atoms with Crippen LogP contribution >= 0.6 is 0 Å². The lowest BCUT2D eigenvalue weighted by molar-refractivity contribution is 0.102.